The molecule has 8 atom stereocenters. The highest BCUT2D eigenvalue weighted by atomic mass is 14.7. The molecule has 0 aromatic carbocycles. The van der Waals surface area contributed by atoms with Gasteiger partial charge in [-0.2, -0.15) is 0 Å². The van der Waals surface area contributed by atoms with Crippen LogP contribution in [0.1, 0.15) is 120 Å². The molecule has 0 aromatic heterocycles. The normalized spacial score (nSPS) is 54.6. The fourth-order valence-electron chi connectivity index (χ4n) is 11.4. The Kier molecular flexibility index (Phi) is 4.61. The van der Waals surface area contributed by atoms with E-state index in [2.05, 4.69) is 61.5 Å². The average Bonchev–Trinajstić information content (AvgIpc) is 2.99. The zero-order chi connectivity index (χ0) is 21.7. The summed E-state index contributed by atoms with van der Waals surface area (Å²) in [5.41, 5.74) is 4.52. The minimum atomic E-state index is 0.486. The van der Waals surface area contributed by atoms with Gasteiger partial charge in [-0.1, -0.05) is 73.5 Å². The quantitative estimate of drug-likeness (QED) is 0.378. The third-order valence-corrected chi connectivity index (χ3v) is 13.0. The molecule has 0 heteroatoms. The van der Waals surface area contributed by atoms with Crippen molar-refractivity contribution in [3.63, 3.8) is 0 Å². The van der Waals surface area contributed by atoms with Gasteiger partial charge in [-0.15, -0.1) is 0 Å². The molecule has 8 unspecified atom stereocenters. The van der Waals surface area contributed by atoms with Crippen LogP contribution in [0.3, 0.4) is 0 Å². The highest BCUT2D eigenvalue weighted by molar-refractivity contribution is 5.32. The number of allylic oxidation sites excluding steroid dienone is 2. The maximum absolute atomic E-state index is 2.81. The van der Waals surface area contributed by atoms with Crippen molar-refractivity contribution in [1.82, 2.24) is 0 Å². The standard InChI is InChI=1S/C30H50/c1-20(2)21-12-17-27(5)22(21)13-18-29(7)24(27)10-11-25-28(6)16-9-15-26(3,4)23(28)14-19-30(25,29)8/h13,20-21,23-25H,9-12,14-19H2,1-8H3. The van der Waals surface area contributed by atoms with Crippen LogP contribution in [-0.4, -0.2) is 0 Å². The summed E-state index contributed by atoms with van der Waals surface area (Å²) in [5.74, 6) is 4.46. The van der Waals surface area contributed by atoms with E-state index in [1.165, 1.54) is 64.2 Å². The van der Waals surface area contributed by atoms with Crippen molar-refractivity contribution >= 4 is 0 Å². The Hall–Kier alpha value is -0.260. The second kappa shape index (κ2) is 6.41. The van der Waals surface area contributed by atoms with E-state index in [0.29, 0.717) is 27.1 Å². The van der Waals surface area contributed by atoms with Crippen LogP contribution in [0, 0.1) is 56.7 Å². The molecule has 0 radical (unpaired) electrons. The molecule has 30 heavy (non-hydrogen) atoms. The van der Waals surface area contributed by atoms with Gasteiger partial charge in [0.05, 0.1) is 0 Å². The van der Waals surface area contributed by atoms with Gasteiger partial charge in [0.1, 0.15) is 0 Å². The first-order valence-electron chi connectivity index (χ1n) is 13.6. The fourth-order valence-corrected chi connectivity index (χ4v) is 11.4. The predicted molar refractivity (Wildman–Crippen MR) is 129 cm³/mol. The third-order valence-electron chi connectivity index (χ3n) is 13.0. The van der Waals surface area contributed by atoms with Crippen LogP contribution in [0.4, 0.5) is 0 Å². The molecule has 170 valence electrons. The van der Waals surface area contributed by atoms with Crippen LogP contribution in [0.2, 0.25) is 0 Å². The lowest BCUT2D eigenvalue weighted by Crippen LogP contribution is -2.64. The summed E-state index contributed by atoms with van der Waals surface area (Å²) in [6, 6.07) is 0. The van der Waals surface area contributed by atoms with Crippen molar-refractivity contribution in [1.29, 1.82) is 0 Å². The van der Waals surface area contributed by atoms with E-state index < -0.39 is 0 Å². The molecule has 4 saturated carbocycles. The van der Waals surface area contributed by atoms with Gasteiger partial charge in [-0.25, -0.2) is 0 Å². The Labute approximate surface area is 188 Å². The van der Waals surface area contributed by atoms with Gasteiger partial charge in [0.2, 0.25) is 0 Å². The third kappa shape index (κ3) is 2.46. The van der Waals surface area contributed by atoms with Gasteiger partial charge in [-0.3, -0.25) is 0 Å². The van der Waals surface area contributed by atoms with Crippen LogP contribution >= 0.6 is 0 Å². The van der Waals surface area contributed by atoms with E-state index in [1.54, 1.807) is 0 Å². The SMILES string of the molecule is CC(C)C1CCC2(C)C1=CCC1(C)C2CCC2C3(C)CCCC(C)(C)C3CCC21C. The molecular weight excluding hydrogens is 360 g/mol. The van der Waals surface area contributed by atoms with Gasteiger partial charge in [0.25, 0.3) is 0 Å². The monoisotopic (exact) mass is 410 g/mol. The molecular formula is C30H50. The fraction of sp³-hybridized carbons (Fsp3) is 0.933. The molecule has 5 aliphatic rings. The number of rotatable bonds is 1. The first-order valence-corrected chi connectivity index (χ1v) is 13.6. The first-order chi connectivity index (χ1) is 13.9. The van der Waals surface area contributed by atoms with Crippen molar-refractivity contribution in [2.75, 3.05) is 0 Å². The van der Waals surface area contributed by atoms with Crippen LogP contribution in [0.5, 0.6) is 0 Å². The minimum Gasteiger partial charge on any atom is -0.0839 e. The molecule has 5 rings (SSSR count). The average molecular weight is 411 g/mol. The van der Waals surface area contributed by atoms with E-state index in [1.807, 2.05) is 5.57 Å². The van der Waals surface area contributed by atoms with Crippen molar-refractivity contribution in [2.45, 2.75) is 120 Å². The first kappa shape index (κ1) is 21.6. The summed E-state index contributed by atoms with van der Waals surface area (Å²) in [6.45, 7) is 21.1. The van der Waals surface area contributed by atoms with E-state index in [9.17, 15) is 0 Å². The van der Waals surface area contributed by atoms with E-state index in [-0.39, 0.29) is 0 Å². The Bertz CT molecular complexity index is 741. The lowest BCUT2D eigenvalue weighted by molar-refractivity contribution is -0.220. The van der Waals surface area contributed by atoms with E-state index in [0.717, 1.165) is 29.6 Å². The van der Waals surface area contributed by atoms with Gasteiger partial charge in [0.15, 0.2) is 0 Å². The largest absolute Gasteiger partial charge is 0.0839 e. The van der Waals surface area contributed by atoms with Crippen molar-refractivity contribution < 1.29 is 0 Å². The number of hydrogen-bond donors (Lipinski definition) is 0. The second-order valence-electron chi connectivity index (χ2n) is 14.6. The molecule has 4 fully saturated rings. The molecule has 0 bridgehead atoms. The molecule has 0 N–H and O–H groups in total. The number of hydrogen-bond acceptors (Lipinski definition) is 0. The molecule has 0 saturated heterocycles. The number of fused-ring (bicyclic) bond motifs is 7. The van der Waals surface area contributed by atoms with Crippen LogP contribution in [-0.2, 0) is 0 Å². The lowest BCUT2D eigenvalue weighted by Gasteiger charge is -2.72. The Morgan fingerprint density at radius 2 is 1.43 bits per heavy atom. The molecule has 0 aliphatic heterocycles. The Balaban J connectivity index is 1.56. The van der Waals surface area contributed by atoms with E-state index >= 15 is 0 Å². The molecule has 0 nitrogen and oxygen atoms in total. The summed E-state index contributed by atoms with van der Waals surface area (Å²) >= 11 is 0. The van der Waals surface area contributed by atoms with E-state index in [4.69, 9.17) is 0 Å². The summed E-state index contributed by atoms with van der Waals surface area (Å²) < 4.78 is 0. The smallest absolute Gasteiger partial charge is 0.00796 e. The highest BCUT2D eigenvalue weighted by Gasteiger charge is 2.68. The summed E-state index contributed by atoms with van der Waals surface area (Å²) in [4.78, 5) is 0. The second-order valence-corrected chi connectivity index (χ2v) is 14.6. The minimum absolute atomic E-state index is 0.486. The lowest BCUT2D eigenvalue weighted by atomic mass is 9.33. The Morgan fingerprint density at radius 1 is 0.733 bits per heavy atom. The van der Waals surface area contributed by atoms with Gasteiger partial charge >= 0.3 is 0 Å². The van der Waals surface area contributed by atoms with Gasteiger partial charge in [-0.05, 0) is 114 Å². The van der Waals surface area contributed by atoms with Crippen molar-refractivity contribution in [2.24, 2.45) is 56.7 Å². The zero-order valence-corrected chi connectivity index (χ0v) is 21.5. The maximum atomic E-state index is 2.81. The topological polar surface area (TPSA) is 0 Å². The van der Waals surface area contributed by atoms with Crippen molar-refractivity contribution in [3.8, 4) is 0 Å². The van der Waals surface area contributed by atoms with Gasteiger partial charge < -0.3 is 0 Å². The van der Waals surface area contributed by atoms with Gasteiger partial charge in [0, 0.05) is 0 Å². The molecule has 0 heterocycles. The summed E-state index contributed by atoms with van der Waals surface area (Å²) in [5, 5.41) is 0. The van der Waals surface area contributed by atoms with Crippen LogP contribution < -0.4 is 0 Å². The zero-order valence-electron chi connectivity index (χ0n) is 21.5. The summed E-state index contributed by atoms with van der Waals surface area (Å²) in [7, 11) is 0. The molecule has 5 aliphatic carbocycles. The molecule has 0 aromatic rings. The predicted octanol–water partition coefficient (Wildman–Crippen LogP) is 9.05. The van der Waals surface area contributed by atoms with Crippen LogP contribution in [0.25, 0.3) is 0 Å². The molecule has 0 spiro atoms. The van der Waals surface area contributed by atoms with Crippen LogP contribution in [0.15, 0.2) is 11.6 Å². The molecule has 0 amide bonds. The Morgan fingerprint density at radius 3 is 2.13 bits per heavy atom. The summed E-state index contributed by atoms with van der Waals surface area (Å²) in [6.07, 6.45) is 17.5. The van der Waals surface area contributed by atoms with Crippen molar-refractivity contribution in [3.05, 3.63) is 11.6 Å². The highest BCUT2D eigenvalue weighted by Crippen LogP contribution is 2.77. The maximum Gasteiger partial charge on any atom is -0.00796 e.